The van der Waals surface area contributed by atoms with E-state index in [4.69, 9.17) is 11.6 Å². The van der Waals surface area contributed by atoms with E-state index in [0.29, 0.717) is 11.4 Å². The number of carbonyl (C=O) groups is 1. The summed E-state index contributed by atoms with van der Waals surface area (Å²) in [4.78, 5) is 12.0. The van der Waals surface area contributed by atoms with Crippen LogP contribution in [0.15, 0.2) is 24.3 Å². The molecule has 1 N–H and O–H groups in total. The van der Waals surface area contributed by atoms with Gasteiger partial charge in [-0.15, -0.1) is 0 Å². The zero-order valence-electron chi connectivity index (χ0n) is 10.8. The van der Waals surface area contributed by atoms with Gasteiger partial charge in [0.1, 0.15) is 0 Å². The molecule has 0 radical (unpaired) electrons. The highest BCUT2D eigenvalue weighted by atomic mass is 79.9. The van der Waals surface area contributed by atoms with Gasteiger partial charge in [-0.25, -0.2) is 0 Å². The van der Waals surface area contributed by atoms with Gasteiger partial charge in [0.05, 0.1) is 6.42 Å². The van der Waals surface area contributed by atoms with Gasteiger partial charge in [0, 0.05) is 15.9 Å². The molecule has 0 bridgehead atoms. The highest BCUT2D eigenvalue weighted by molar-refractivity contribution is 9.09. The fraction of sp³-hybridized carbons (Fsp3) is 0.500. The molecule has 18 heavy (non-hydrogen) atoms. The summed E-state index contributed by atoms with van der Waals surface area (Å²) >= 11 is 9.39. The van der Waals surface area contributed by atoms with Gasteiger partial charge in [0.25, 0.3) is 0 Å². The first kappa shape index (κ1) is 15.5. The molecule has 2 nitrogen and oxygen atoms in total. The van der Waals surface area contributed by atoms with Crippen molar-refractivity contribution in [3.05, 3.63) is 34.9 Å². The van der Waals surface area contributed by atoms with E-state index < -0.39 is 0 Å². The standard InChI is InChI=1S/C14H19BrClNO/c1-3-14(4-2,10-15)17-13(18)9-11-6-5-7-12(16)8-11/h5-8H,3-4,9-10H2,1-2H3,(H,17,18). The third-order valence-electron chi connectivity index (χ3n) is 3.27. The molecule has 0 saturated heterocycles. The van der Waals surface area contributed by atoms with E-state index >= 15 is 0 Å². The lowest BCUT2D eigenvalue weighted by atomic mass is 9.95. The minimum absolute atomic E-state index is 0.0421. The lowest BCUT2D eigenvalue weighted by Crippen LogP contribution is -2.49. The Balaban J connectivity index is 2.66. The maximum Gasteiger partial charge on any atom is 0.224 e. The second-order valence-electron chi connectivity index (χ2n) is 4.48. The van der Waals surface area contributed by atoms with Crippen LogP contribution >= 0.6 is 27.5 Å². The number of carbonyl (C=O) groups excluding carboxylic acids is 1. The molecule has 0 spiro atoms. The summed E-state index contributed by atoms with van der Waals surface area (Å²) in [5.74, 6) is 0.0421. The number of hydrogen-bond donors (Lipinski definition) is 1. The van der Waals surface area contributed by atoms with E-state index in [1.807, 2.05) is 24.3 Å². The van der Waals surface area contributed by atoms with Gasteiger partial charge in [-0.1, -0.05) is 53.5 Å². The van der Waals surface area contributed by atoms with Crippen molar-refractivity contribution in [2.45, 2.75) is 38.6 Å². The number of hydrogen-bond acceptors (Lipinski definition) is 1. The van der Waals surface area contributed by atoms with Crippen LogP contribution in [-0.4, -0.2) is 16.8 Å². The molecule has 0 aromatic heterocycles. The van der Waals surface area contributed by atoms with Crippen LogP contribution < -0.4 is 5.32 Å². The van der Waals surface area contributed by atoms with Crippen LogP contribution in [0, 0.1) is 0 Å². The fourth-order valence-corrected chi connectivity index (χ4v) is 2.97. The van der Waals surface area contributed by atoms with Crippen LogP contribution in [0.25, 0.3) is 0 Å². The number of benzene rings is 1. The van der Waals surface area contributed by atoms with E-state index in [0.717, 1.165) is 23.7 Å². The zero-order valence-corrected chi connectivity index (χ0v) is 13.1. The van der Waals surface area contributed by atoms with Crippen molar-refractivity contribution in [2.75, 3.05) is 5.33 Å². The average molecular weight is 333 g/mol. The summed E-state index contributed by atoms with van der Waals surface area (Å²) in [6.07, 6.45) is 2.20. The first-order valence-electron chi connectivity index (χ1n) is 6.16. The molecule has 1 amide bonds. The SMILES string of the molecule is CCC(CC)(CBr)NC(=O)Cc1cccc(Cl)c1. The quantitative estimate of drug-likeness (QED) is 0.785. The molecule has 0 atom stereocenters. The first-order valence-corrected chi connectivity index (χ1v) is 7.66. The van der Waals surface area contributed by atoms with E-state index in [2.05, 4.69) is 35.1 Å². The highest BCUT2D eigenvalue weighted by Gasteiger charge is 2.26. The van der Waals surface area contributed by atoms with Crippen molar-refractivity contribution >= 4 is 33.4 Å². The zero-order chi connectivity index (χ0) is 13.6. The van der Waals surface area contributed by atoms with Crippen LogP contribution in [-0.2, 0) is 11.2 Å². The van der Waals surface area contributed by atoms with E-state index in [1.54, 1.807) is 0 Å². The van der Waals surface area contributed by atoms with Crippen LogP contribution in [0.1, 0.15) is 32.3 Å². The number of rotatable bonds is 6. The van der Waals surface area contributed by atoms with Crippen molar-refractivity contribution in [3.63, 3.8) is 0 Å². The summed E-state index contributed by atoms with van der Waals surface area (Å²) in [6.45, 7) is 4.18. The Labute approximate surface area is 122 Å². The Hall–Kier alpha value is -0.540. The molecule has 0 saturated carbocycles. The normalized spacial score (nSPS) is 11.3. The third kappa shape index (κ3) is 4.29. The molecule has 100 valence electrons. The lowest BCUT2D eigenvalue weighted by molar-refractivity contribution is -0.122. The van der Waals surface area contributed by atoms with Gasteiger partial charge in [-0.2, -0.15) is 0 Å². The minimum atomic E-state index is -0.143. The summed E-state index contributed by atoms with van der Waals surface area (Å²) in [5, 5.41) is 4.56. The molecule has 0 heterocycles. The van der Waals surface area contributed by atoms with Crippen LogP contribution in [0.3, 0.4) is 0 Å². The molecule has 0 fully saturated rings. The van der Waals surface area contributed by atoms with Crippen LogP contribution in [0.5, 0.6) is 0 Å². The maximum absolute atomic E-state index is 12.0. The van der Waals surface area contributed by atoms with Gasteiger partial charge in [-0.05, 0) is 30.5 Å². The fourth-order valence-electron chi connectivity index (χ4n) is 1.82. The average Bonchev–Trinajstić information content (AvgIpc) is 2.36. The Kier molecular flexibility index (Phi) is 6.16. The molecule has 0 aliphatic heterocycles. The second-order valence-corrected chi connectivity index (χ2v) is 5.47. The predicted octanol–water partition coefficient (Wildman–Crippen LogP) is 3.95. The largest absolute Gasteiger partial charge is 0.350 e. The van der Waals surface area contributed by atoms with Gasteiger partial charge < -0.3 is 5.32 Å². The Morgan fingerprint density at radius 3 is 2.56 bits per heavy atom. The Morgan fingerprint density at radius 1 is 1.39 bits per heavy atom. The Bertz CT molecular complexity index is 396. The molecule has 0 aliphatic carbocycles. The van der Waals surface area contributed by atoms with Crippen molar-refractivity contribution in [3.8, 4) is 0 Å². The number of halogens is 2. The van der Waals surface area contributed by atoms with E-state index in [1.165, 1.54) is 0 Å². The Morgan fingerprint density at radius 2 is 2.06 bits per heavy atom. The molecule has 1 aromatic carbocycles. The van der Waals surface area contributed by atoms with E-state index in [9.17, 15) is 4.79 Å². The molecular weight excluding hydrogens is 314 g/mol. The summed E-state index contributed by atoms with van der Waals surface area (Å²) in [5.41, 5.74) is 0.797. The topological polar surface area (TPSA) is 29.1 Å². The monoisotopic (exact) mass is 331 g/mol. The molecular formula is C14H19BrClNO. The molecule has 1 rings (SSSR count). The van der Waals surface area contributed by atoms with Gasteiger partial charge in [0.15, 0.2) is 0 Å². The maximum atomic E-state index is 12.0. The summed E-state index contributed by atoms with van der Waals surface area (Å²) in [6, 6.07) is 7.42. The molecule has 1 aromatic rings. The molecule has 0 aliphatic rings. The molecule has 4 heteroatoms. The third-order valence-corrected chi connectivity index (χ3v) is 4.58. The number of alkyl halides is 1. The van der Waals surface area contributed by atoms with Crippen molar-refractivity contribution in [1.82, 2.24) is 5.32 Å². The van der Waals surface area contributed by atoms with Gasteiger partial charge in [0.2, 0.25) is 5.91 Å². The second kappa shape index (κ2) is 7.15. The van der Waals surface area contributed by atoms with E-state index in [-0.39, 0.29) is 11.4 Å². The smallest absolute Gasteiger partial charge is 0.224 e. The number of nitrogens with one attached hydrogen (secondary N) is 1. The van der Waals surface area contributed by atoms with Gasteiger partial charge in [-0.3, -0.25) is 4.79 Å². The van der Waals surface area contributed by atoms with Crippen LogP contribution in [0.2, 0.25) is 5.02 Å². The molecule has 0 unspecified atom stereocenters. The predicted molar refractivity (Wildman–Crippen MR) is 80.4 cm³/mol. The highest BCUT2D eigenvalue weighted by Crippen LogP contribution is 2.18. The first-order chi connectivity index (χ1) is 8.55. The van der Waals surface area contributed by atoms with Crippen LogP contribution in [0.4, 0.5) is 0 Å². The lowest BCUT2D eigenvalue weighted by Gasteiger charge is -2.31. The van der Waals surface area contributed by atoms with Crippen molar-refractivity contribution < 1.29 is 4.79 Å². The number of amides is 1. The summed E-state index contributed by atoms with van der Waals surface area (Å²) in [7, 11) is 0. The van der Waals surface area contributed by atoms with Crippen molar-refractivity contribution in [1.29, 1.82) is 0 Å². The minimum Gasteiger partial charge on any atom is -0.350 e. The van der Waals surface area contributed by atoms with Gasteiger partial charge >= 0.3 is 0 Å². The summed E-state index contributed by atoms with van der Waals surface area (Å²) < 4.78 is 0. The van der Waals surface area contributed by atoms with Crippen molar-refractivity contribution in [2.24, 2.45) is 0 Å².